The maximum Gasteiger partial charge on any atom is 0.213 e. The van der Waals surface area contributed by atoms with Crippen molar-refractivity contribution >= 4 is 0 Å². The maximum atomic E-state index is 10.3. The third-order valence-corrected chi connectivity index (χ3v) is 10.1. The van der Waals surface area contributed by atoms with E-state index in [0.29, 0.717) is 52.7 Å². The molecule has 0 aliphatic heterocycles. The molecule has 2 rings (SSSR count). The number of aliphatic hydroxyl groups excluding tert-OH is 4. The van der Waals surface area contributed by atoms with Gasteiger partial charge >= 0.3 is 0 Å². The molecule has 0 aromatic rings. The number of ether oxygens (including phenoxy) is 6. The molecule has 0 spiro atoms. The SMILES string of the molecule is C=COCCCCOC(O)NC1CC(C)(C)CC(C)(CNC(O)OCC(C)(C)C)C1.C=COCCCCOC(O)NC1CC(C)(C)CC(C)(CNC(O)OCC)C1. The summed E-state index contributed by atoms with van der Waals surface area (Å²) in [7, 11) is 0. The predicted molar refractivity (Wildman–Crippen MR) is 225 cm³/mol. The summed E-state index contributed by atoms with van der Waals surface area (Å²) in [6.45, 7) is 32.9. The summed E-state index contributed by atoms with van der Waals surface area (Å²) in [6.07, 6.45) is 8.09. The van der Waals surface area contributed by atoms with Crippen LogP contribution in [0.3, 0.4) is 0 Å². The van der Waals surface area contributed by atoms with E-state index in [9.17, 15) is 20.4 Å². The summed E-state index contributed by atoms with van der Waals surface area (Å²) in [5.41, 5.74) is 0.200. The molecule has 0 aromatic heterocycles. The van der Waals surface area contributed by atoms with E-state index in [4.69, 9.17) is 28.4 Å². The van der Waals surface area contributed by atoms with Crippen LogP contribution >= 0.6 is 0 Å². The first-order valence-corrected chi connectivity index (χ1v) is 21.2. The Labute approximate surface area is 346 Å². The van der Waals surface area contributed by atoms with E-state index >= 15 is 0 Å². The van der Waals surface area contributed by atoms with Gasteiger partial charge < -0.3 is 48.8 Å². The van der Waals surface area contributed by atoms with Crippen molar-refractivity contribution in [1.29, 1.82) is 0 Å². The summed E-state index contributed by atoms with van der Waals surface area (Å²) in [4.78, 5) is 0. The molecule has 0 radical (unpaired) electrons. The van der Waals surface area contributed by atoms with Crippen molar-refractivity contribution in [1.82, 2.24) is 21.3 Å². The van der Waals surface area contributed by atoms with Crippen molar-refractivity contribution in [3.05, 3.63) is 25.7 Å². The Kier molecular flexibility index (Phi) is 25.1. The lowest BCUT2D eigenvalue weighted by molar-refractivity contribution is -0.147. The van der Waals surface area contributed by atoms with Crippen LogP contribution in [0.2, 0.25) is 0 Å². The van der Waals surface area contributed by atoms with E-state index in [-0.39, 0.29) is 39.2 Å². The molecule has 0 bridgehead atoms. The Morgan fingerprint density at radius 1 is 0.596 bits per heavy atom. The summed E-state index contributed by atoms with van der Waals surface area (Å²) < 4.78 is 31.8. The largest absolute Gasteiger partial charge is 0.502 e. The molecule has 14 nitrogen and oxygen atoms in total. The third-order valence-electron chi connectivity index (χ3n) is 10.1. The first-order valence-electron chi connectivity index (χ1n) is 21.2. The van der Waals surface area contributed by atoms with Gasteiger partial charge in [0.05, 0.1) is 45.6 Å². The first-order chi connectivity index (χ1) is 26.5. The van der Waals surface area contributed by atoms with E-state index < -0.39 is 25.7 Å². The molecule has 57 heavy (non-hydrogen) atoms. The van der Waals surface area contributed by atoms with E-state index in [0.717, 1.165) is 64.2 Å². The van der Waals surface area contributed by atoms with Crippen molar-refractivity contribution in [2.45, 2.75) is 171 Å². The van der Waals surface area contributed by atoms with Crippen molar-refractivity contribution < 1.29 is 48.8 Å². The molecule has 8 N–H and O–H groups in total. The van der Waals surface area contributed by atoms with Crippen LogP contribution in [-0.2, 0) is 28.4 Å². The van der Waals surface area contributed by atoms with Gasteiger partial charge in [-0.05, 0) is 98.2 Å². The molecule has 0 heterocycles. The van der Waals surface area contributed by atoms with Gasteiger partial charge in [-0.3, -0.25) is 21.3 Å². The zero-order valence-electron chi connectivity index (χ0n) is 37.5. The van der Waals surface area contributed by atoms with Crippen molar-refractivity contribution in [3.8, 4) is 0 Å². The Morgan fingerprint density at radius 2 is 0.982 bits per heavy atom. The zero-order chi connectivity index (χ0) is 43.2. The number of nitrogens with one attached hydrogen (secondary N) is 4. The molecule has 2 aliphatic carbocycles. The van der Waals surface area contributed by atoms with Crippen molar-refractivity contribution in [3.63, 3.8) is 0 Å². The molecular formula is C43H86N4O10. The fourth-order valence-electron chi connectivity index (χ4n) is 8.68. The second-order valence-corrected chi connectivity index (χ2v) is 19.6. The Hall–Kier alpha value is -1.40. The number of hydrogen-bond acceptors (Lipinski definition) is 14. The highest BCUT2D eigenvalue weighted by Crippen LogP contribution is 2.47. The second kappa shape index (κ2) is 26.7. The monoisotopic (exact) mass is 819 g/mol. The fraction of sp³-hybridized carbons (Fsp3) is 0.907. The van der Waals surface area contributed by atoms with Crippen molar-refractivity contribution in [2.24, 2.45) is 27.1 Å². The van der Waals surface area contributed by atoms with Crippen LogP contribution in [0.15, 0.2) is 25.7 Å². The van der Waals surface area contributed by atoms with Gasteiger partial charge in [0, 0.05) is 31.8 Å². The van der Waals surface area contributed by atoms with Crippen LogP contribution in [-0.4, -0.2) is 111 Å². The predicted octanol–water partition coefficient (Wildman–Crippen LogP) is 5.62. The Balaban J connectivity index is 0.000000573. The smallest absolute Gasteiger partial charge is 0.213 e. The van der Waals surface area contributed by atoms with Crippen molar-refractivity contribution in [2.75, 3.05) is 52.7 Å². The van der Waals surface area contributed by atoms with Gasteiger partial charge in [-0.15, -0.1) is 0 Å². The molecule has 338 valence electrons. The number of unbranched alkanes of at least 4 members (excludes halogenated alkanes) is 2. The highest BCUT2D eigenvalue weighted by Gasteiger charge is 2.43. The van der Waals surface area contributed by atoms with E-state index in [1.54, 1.807) is 0 Å². The van der Waals surface area contributed by atoms with E-state index in [1.807, 2.05) is 6.92 Å². The first kappa shape index (κ1) is 53.6. The van der Waals surface area contributed by atoms with Gasteiger partial charge in [0.15, 0.2) is 0 Å². The van der Waals surface area contributed by atoms with Crippen LogP contribution < -0.4 is 21.3 Å². The fourth-order valence-corrected chi connectivity index (χ4v) is 8.68. The summed E-state index contributed by atoms with van der Waals surface area (Å²) in [6, 6.07) is 0.274. The number of hydrogen-bond donors (Lipinski definition) is 8. The number of aliphatic hydroxyl groups is 4. The molecule has 8 unspecified atom stereocenters. The Morgan fingerprint density at radius 3 is 1.35 bits per heavy atom. The second-order valence-electron chi connectivity index (χ2n) is 19.6. The van der Waals surface area contributed by atoms with Crippen LogP contribution in [0.5, 0.6) is 0 Å². The average Bonchev–Trinajstić information content (AvgIpc) is 3.07. The third kappa shape index (κ3) is 26.4. The number of rotatable bonds is 28. The van der Waals surface area contributed by atoms with Crippen LogP contribution in [0.1, 0.15) is 133 Å². The van der Waals surface area contributed by atoms with Gasteiger partial charge in [-0.25, -0.2) is 0 Å². The Bertz CT molecular complexity index is 1080. The van der Waals surface area contributed by atoms with Gasteiger partial charge in [0.2, 0.25) is 25.7 Å². The molecule has 0 amide bonds. The summed E-state index contributed by atoms with van der Waals surface area (Å²) in [5.74, 6) is 0. The minimum atomic E-state index is -0.984. The minimum Gasteiger partial charge on any atom is -0.502 e. The molecule has 2 fully saturated rings. The lowest BCUT2D eigenvalue weighted by Crippen LogP contribution is -2.52. The normalized spacial score (nSPS) is 26.6. The quantitative estimate of drug-likeness (QED) is 0.0277. The van der Waals surface area contributed by atoms with E-state index in [2.05, 4.69) is 96.7 Å². The highest BCUT2D eigenvalue weighted by atomic mass is 16.6. The molecule has 0 saturated heterocycles. The van der Waals surface area contributed by atoms with Crippen LogP contribution in [0, 0.1) is 27.1 Å². The van der Waals surface area contributed by atoms with Crippen LogP contribution in [0.25, 0.3) is 0 Å². The molecule has 14 heteroatoms. The average molecular weight is 819 g/mol. The molecule has 0 aromatic carbocycles. The van der Waals surface area contributed by atoms with Gasteiger partial charge in [0.25, 0.3) is 0 Å². The highest BCUT2D eigenvalue weighted by molar-refractivity contribution is 4.96. The minimum absolute atomic E-state index is 0.00320. The molecule has 2 saturated carbocycles. The zero-order valence-corrected chi connectivity index (χ0v) is 37.5. The summed E-state index contributed by atoms with van der Waals surface area (Å²) in [5, 5.41) is 53.0. The molecule has 2 aliphatic rings. The lowest BCUT2D eigenvalue weighted by atomic mass is 9.62. The molecular weight excluding hydrogens is 732 g/mol. The van der Waals surface area contributed by atoms with Gasteiger partial charge in [-0.1, -0.05) is 75.5 Å². The standard InChI is InChI=1S/C23H46N2O5.C20H40N2O5/c1-8-28-11-9-10-12-29-20(27)25-18-13-22(5,6)15-23(7,14-18)16-24-19(26)30-17-21(2,3)4;1-6-25-10-8-9-11-27-18(24)22-16-12-19(3,4)14-20(5,13-16)15-21-17(23)26-7-2/h8,18-20,24-27H,1,9-17H2,2-7H3;6,16-18,21-24H,1,7-15H2,2-5H3. The van der Waals surface area contributed by atoms with Crippen LogP contribution in [0.4, 0.5) is 0 Å². The van der Waals surface area contributed by atoms with Gasteiger partial charge in [0.1, 0.15) is 0 Å². The van der Waals surface area contributed by atoms with E-state index in [1.165, 1.54) is 12.5 Å². The molecule has 8 atom stereocenters. The maximum absolute atomic E-state index is 10.3. The van der Waals surface area contributed by atoms with Gasteiger partial charge in [-0.2, -0.15) is 0 Å². The summed E-state index contributed by atoms with van der Waals surface area (Å²) >= 11 is 0. The lowest BCUT2D eigenvalue weighted by Gasteiger charge is -2.47. The topological polar surface area (TPSA) is 184 Å².